The van der Waals surface area contributed by atoms with Gasteiger partial charge in [-0.25, -0.2) is 12.7 Å². The van der Waals surface area contributed by atoms with Gasteiger partial charge in [0.25, 0.3) is 0 Å². The van der Waals surface area contributed by atoms with Crippen molar-refractivity contribution in [1.82, 2.24) is 4.31 Å². The SMILES string of the molecule is COCCCCS(=O)(=O)N1CC[C@@H](c2ccc(Cl)cc2)C1. The third-order valence-electron chi connectivity index (χ3n) is 3.89. The van der Waals surface area contributed by atoms with E-state index in [0.717, 1.165) is 18.4 Å². The van der Waals surface area contributed by atoms with Crippen molar-refractivity contribution in [2.45, 2.75) is 25.2 Å². The molecule has 1 fully saturated rings. The van der Waals surface area contributed by atoms with Crippen molar-refractivity contribution >= 4 is 21.6 Å². The van der Waals surface area contributed by atoms with Crippen molar-refractivity contribution in [2.24, 2.45) is 0 Å². The maximum absolute atomic E-state index is 12.3. The Labute approximate surface area is 132 Å². The van der Waals surface area contributed by atoms with Crippen LogP contribution in [0.3, 0.4) is 0 Å². The van der Waals surface area contributed by atoms with Gasteiger partial charge in [-0.15, -0.1) is 0 Å². The third kappa shape index (κ3) is 4.68. The van der Waals surface area contributed by atoms with Gasteiger partial charge in [-0.3, -0.25) is 0 Å². The smallest absolute Gasteiger partial charge is 0.214 e. The van der Waals surface area contributed by atoms with E-state index in [1.54, 1.807) is 11.4 Å². The van der Waals surface area contributed by atoms with Gasteiger partial charge in [0.1, 0.15) is 0 Å². The van der Waals surface area contributed by atoms with E-state index in [-0.39, 0.29) is 11.7 Å². The largest absolute Gasteiger partial charge is 0.385 e. The van der Waals surface area contributed by atoms with E-state index in [1.807, 2.05) is 24.3 Å². The number of unbranched alkanes of at least 4 members (excludes halogenated alkanes) is 1. The van der Waals surface area contributed by atoms with Gasteiger partial charge in [0, 0.05) is 31.8 Å². The summed E-state index contributed by atoms with van der Waals surface area (Å²) in [7, 11) is -1.51. The average Bonchev–Trinajstić information content (AvgIpc) is 2.95. The monoisotopic (exact) mass is 331 g/mol. The molecule has 1 aromatic carbocycles. The second-order valence-electron chi connectivity index (χ2n) is 5.41. The zero-order chi connectivity index (χ0) is 15.3. The van der Waals surface area contributed by atoms with Crippen LogP contribution in [-0.2, 0) is 14.8 Å². The maximum atomic E-state index is 12.3. The number of sulfonamides is 1. The number of benzene rings is 1. The van der Waals surface area contributed by atoms with Crippen molar-refractivity contribution in [2.75, 3.05) is 32.6 Å². The highest BCUT2D eigenvalue weighted by Gasteiger charge is 2.31. The van der Waals surface area contributed by atoms with Gasteiger partial charge in [0.2, 0.25) is 10.0 Å². The summed E-state index contributed by atoms with van der Waals surface area (Å²) in [4.78, 5) is 0. The molecule has 2 rings (SSSR count). The number of ether oxygens (including phenoxy) is 1. The van der Waals surface area contributed by atoms with E-state index in [0.29, 0.717) is 31.1 Å². The fourth-order valence-electron chi connectivity index (χ4n) is 2.65. The minimum absolute atomic E-state index is 0.212. The number of methoxy groups -OCH3 is 1. The highest BCUT2D eigenvalue weighted by molar-refractivity contribution is 7.89. The third-order valence-corrected chi connectivity index (χ3v) is 6.06. The summed E-state index contributed by atoms with van der Waals surface area (Å²) in [5, 5.41) is 0.708. The van der Waals surface area contributed by atoms with Crippen LogP contribution in [0.4, 0.5) is 0 Å². The number of hydrogen-bond acceptors (Lipinski definition) is 3. The normalized spacial score (nSPS) is 20.0. The maximum Gasteiger partial charge on any atom is 0.214 e. The fraction of sp³-hybridized carbons (Fsp3) is 0.600. The Hall–Kier alpha value is -0.620. The summed E-state index contributed by atoms with van der Waals surface area (Å²) < 4.78 is 31.2. The Morgan fingerprint density at radius 2 is 2.00 bits per heavy atom. The molecule has 0 unspecified atom stereocenters. The fourth-order valence-corrected chi connectivity index (χ4v) is 4.39. The molecule has 1 saturated heterocycles. The zero-order valence-corrected chi connectivity index (χ0v) is 13.9. The van der Waals surface area contributed by atoms with Crippen molar-refractivity contribution in [3.8, 4) is 0 Å². The molecule has 1 aromatic rings. The average molecular weight is 332 g/mol. The van der Waals surface area contributed by atoms with Crippen LogP contribution in [0.2, 0.25) is 5.02 Å². The van der Waals surface area contributed by atoms with E-state index in [1.165, 1.54) is 0 Å². The van der Waals surface area contributed by atoms with Crippen molar-refractivity contribution in [3.05, 3.63) is 34.9 Å². The Morgan fingerprint density at radius 1 is 1.29 bits per heavy atom. The zero-order valence-electron chi connectivity index (χ0n) is 12.3. The second-order valence-corrected chi connectivity index (χ2v) is 7.94. The molecule has 21 heavy (non-hydrogen) atoms. The van der Waals surface area contributed by atoms with Crippen LogP contribution in [0.5, 0.6) is 0 Å². The van der Waals surface area contributed by atoms with Crippen molar-refractivity contribution < 1.29 is 13.2 Å². The predicted octanol–water partition coefficient (Wildman–Crippen LogP) is 2.89. The molecule has 6 heteroatoms. The standard InChI is InChI=1S/C15H22ClNO3S/c1-20-10-2-3-11-21(18,19)17-9-8-14(12-17)13-4-6-15(16)7-5-13/h4-7,14H,2-3,8-12H2,1H3/t14-/m1/s1. The van der Waals surface area contributed by atoms with Gasteiger partial charge in [0.05, 0.1) is 5.75 Å². The molecule has 0 amide bonds. The Balaban J connectivity index is 1.90. The molecule has 4 nitrogen and oxygen atoms in total. The highest BCUT2D eigenvalue weighted by atomic mass is 35.5. The first-order valence-corrected chi connectivity index (χ1v) is 9.24. The molecule has 0 spiro atoms. The van der Waals surface area contributed by atoms with E-state index < -0.39 is 10.0 Å². The molecule has 1 aliphatic heterocycles. The van der Waals surface area contributed by atoms with E-state index in [9.17, 15) is 8.42 Å². The number of nitrogens with zero attached hydrogens (tertiary/aromatic N) is 1. The Morgan fingerprint density at radius 3 is 2.67 bits per heavy atom. The van der Waals surface area contributed by atoms with Crippen LogP contribution < -0.4 is 0 Å². The molecule has 0 saturated carbocycles. The topological polar surface area (TPSA) is 46.6 Å². The van der Waals surface area contributed by atoms with Gasteiger partial charge >= 0.3 is 0 Å². The van der Waals surface area contributed by atoms with E-state index in [4.69, 9.17) is 16.3 Å². The number of hydrogen-bond donors (Lipinski definition) is 0. The lowest BCUT2D eigenvalue weighted by Crippen LogP contribution is -2.31. The summed E-state index contributed by atoms with van der Waals surface area (Å²) in [5.74, 6) is 0.486. The number of halogens is 1. The first-order valence-electron chi connectivity index (χ1n) is 7.25. The molecular weight excluding hydrogens is 310 g/mol. The molecule has 1 atom stereocenters. The lowest BCUT2D eigenvalue weighted by molar-refractivity contribution is 0.194. The van der Waals surface area contributed by atoms with Gasteiger partial charge in [0.15, 0.2) is 0 Å². The summed E-state index contributed by atoms with van der Waals surface area (Å²) in [6.07, 6.45) is 2.31. The minimum Gasteiger partial charge on any atom is -0.385 e. The van der Waals surface area contributed by atoms with E-state index >= 15 is 0 Å². The summed E-state index contributed by atoms with van der Waals surface area (Å²) in [5.41, 5.74) is 1.16. The van der Waals surface area contributed by atoms with Crippen LogP contribution >= 0.6 is 11.6 Å². The van der Waals surface area contributed by atoms with Gasteiger partial charge in [-0.05, 0) is 42.9 Å². The van der Waals surface area contributed by atoms with Crippen LogP contribution in [0.1, 0.15) is 30.7 Å². The summed E-state index contributed by atoms with van der Waals surface area (Å²) in [6, 6.07) is 7.70. The molecule has 118 valence electrons. The Kier molecular flexibility index (Phi) is 6.05. The molecule has 0 aliphatic carbocycles. The first kappa shape index (κ1) is 16.7. The van der Waals surface area contributed by atoms with Gasteiger partial charge < -0.3 is 4.74 Å². The van der Waals surface area contributed by atoms with Crippen molar-refractivity contribution in [1.29, 1.82) is 0 Å². The second kappa shape index (κ2) is 7.58. The minimum atomic E-state index is -3.14. The summed E-state index contributed by atoms with van der Waals surface area (Å²) in [6.45, 7) is 1.80. The molecule has 0 aromatic heterocycles. The first-order chi connectivity index (χ1) is 10.0. The molecule has 0 radical (unpaired) electrons. The Bertz CT molecular complexity index is 545. The van der Waals surface area contributed by atoms with Gasteiger partial charge in [-0.1, -0.05) is 23.7 Å². The van der Waals surface area contributed by atoms with E-state index in [2.05, 4.69) is 0 Å². The molecule has 1 aliphatic rings. The molecular formula is C15H22ClNO3S. The van der Waals surface area contributed by atoms with Crippen LogP contribution in [0.25, 0.3) is 0 Å². The summed E-state index contributed by atoms with van der Waals surface area (Å²) >= 11 is 5.89. The van der Waals surface area contributed by atoms with Crippen molar-refractivity contribution in [3.63, 3.8) is 0 Å². The van der Waals surface area contributed by atoms with Crippen LogP contribution in [-0.4, -0.2) is 45.3 Å². The number of rotatable bonds is 7. The molecule has 0 bridgehead atoms. The van der Waals surface area contributed by atoms with Gasteiger partial charge in [-0.2, -0.15) is 0 Å². The predicted molar refractivity (Wildman–Crippen MR) is 85.3 cm³/mol. The van der Waals surface area contributed by atoms with Crippen LogP contribution in [0, 0.1) is 0 Å². The molecule has 0 N–H and O–H groups in total. The highest BCUT2D eigenvalue weighted by Crippen LogP contribution is 2.29. The molecule has 1 heterocycles. The quantitative estimate of drug-likeness (QED) is 0.722. The lowest BCUT2D eigenvalue weighted by atomic mass is 9.99. The lowest BCUT2D eigenvalue weighted by Gasteiger charge is -2.16. The van der Waals surface area contributed by atoms with Crippen LogP contribution in [0.15, 0.2) is 24.3 Å².